The van der Waals surface area contributed by atoms with Gasteiger partial charge in [0.1, 0.15) is 0 Å². The Morgan fingerprint density at radius 2 is 1.94 bits per heavy atom. The Hall–Kier alpha value is -0.810. The predicted octanol–water partition coefficient (Wildman–Crippen LogP) is -0.121. The average Bonchev–Trinajstić information content (AvgIpc) is 2.36. The fourth-order valence-electron chi connectivity index (χ4n) is 2.74. The van der Waals surface area contributed by atoms with Crippen LogP contribution in [0.5, 0.6) is 0 Å². The average molecular weight is 228 g/mol. The van der Waals surface area contributed by atoms with Crippen LogP contribution < -0.4 is 5.32 Å². The molecule has 0 aromatic rings. The second-order valence-electron chi connectivity index (χ2n) is 4.85. The fraction of sp³-hybridized carbons (Fsp3) is 0.909. The van der Waals surface area contributed by atoms with Crippen LogP contribution in [0.2, 0.25) is 0 Å². The first kappa shape index (κ1) is 11.7. The first-order chi connectivity index (χ1) is 7.74. The van der Waals surface area contributed by atoms with Crippen molar-refractivity contribution in [3.8, 4) is 0 Å². The highest BCUT2D eigenvalue weighted by atomic mass is 16.5. The summed E-state index contributed by atoms with van der Waals surface area (Å²) < 4.78 is 5.80. The number of methoxy groups -OCH3 is 1. The Labute approximate surface area is 96.9 Å². The fourth-order valence-corrected chi connectivity index (χ4v) is 2.74. The minimum Gasteiger partial charge on any atom is -0.453 e. The maximum atomic E-state index is 10.9. The molecule has 0 aromatic carbocycles. The molecule has 0 saturated carbocycles. The molecule has 5 nitrogen and oxygen atoms in total. The number of carbonyl (C=O) groups is 1. The summed E-state index contributed by atoms with van der Waals surface area (Å²) in [6, 6.07) is 0. The number of nitrogens with one attached hydrogen (secondary N) is 1. The van der Waals surface area contributed by atoms with Gasteiger partial charge in [-0.05, 0) is 0 Å². The van der Waals surface area contributed by atoms with Crippen molar-refractivity contribution in [2.75, 3.05) is 59.5 Å². The van der Waals surface area contributed by atoms with Gasteiger partial charge >= 0.3 is 6.09 Å². The zero-order valence-electron chi connectivity index (χ0n) is 10.1. The summed E-state index contributed by atoms with van der Waals surface area (Å²) in [5.41, 5.74) is 0. The van der Waals surface area contributed by atoms with E-state index in [9.17, 15) is 4.79 Å². The van der Waals surface area contributed by atoms with Gasteiger partial charge in [0.2, 0.25) is 0 Å². The molecule has 3 rings (SSSR count). The highest BCUT2D eigenvalue weighted by Crippen LogP contribution is 2.19. The number of ether oxygens (including phenoxy) is 1. The Morgan fingerprint density at radius 1 is 1.31 bits per heavy atom. The highest BCUT2D eigenvalue weighted by Gasteiger charge is 2.37. The molecule has 3 aliphatic rings. The largest absolute Gasteiger partial charge is 0.453 e. The number of alkyl carbamates (subject to hydrolysis) is 1. The van der Waals surface area contributed by atoms with Crippen molar-refractivity contribution in [3.63, 3.8) is 0 Å². The van der Waals surface area contributed by atoms with Gasteiger partial charge in [0.15, 0.2) is 0 Å². The standard InChI is InChI=1S/C11H21N3O2/c1-16-11(15)12-3-2-7-14-8-4-13(5-9-14)6-10-14/h2-10H2,1H3/p+1. The van der Waals surface area contributed by atoms with Crippen molar-refractivity contribution < 1.29 is 14.0 Å². The molecule has 2 bridgehead atoms. The molecule has 0 aromatic heterocycles. The van der Waals surface area contributed by atoms with E-state index < -0.39 is 0 Å². The van der Waals surface area contributed by atoms with Crippen molar-refractivity contribution in [1.82, 2.24) is 10.2 Å². The van der Waals surface area contributed by atoms with Gasteiger partial charge in [0.25, 0.3) is 0 Å². The normalized spacial score (nSPS) is 32.4. The van der Waals surface area contributed by atoms with E-state index in [1.54, 1.807) is 0 Å². The van der Waals surface area contributed by atoms with E-state index in [0.717, 1.165) is 13.0 Å². The van der Waals surface area contributed by atoms with E-state index in [4.69, 9.17) is 0 Å². The summed E-state index contributed by atoms with van der Waals surface area (Å²) in [7, 11) is 1.40. The van der Waals surface area contributed by atoms with Gasteiger partial charge in [-0.25, -0.2) is 4.79 Å². The van der Waals surface area contributed by atoms with Crippen LogP contribution in [0, 0.1) is 0 Å². The van der Waals surface area contributed by atoms with Gasteiger partial charge in [0.05, 0.1) is 33.3 Å². The van der Waals surface area contributed by atoms with E-state index in [1.807, 2.05) is 0 Å². The summed E-state index contributed by atoms with van der Waals surface area (Å²) in [4.78, 5) is 13.4. The first-order valence-electron chi connectivity index (χ1n) is 6.13. The number of piperazine rings is 3. The van der Waals surface area contributed by atoms with Crippen molar-refractivity contribution in [2.24, 2.45) is 0 Å². The number of amides is 1. The highest BCUT2D eigenvalue weighted by molar-refractivity contribution is 5.66. The Kier molecular flexibility index (Phi) is 3.66. The molecule has 3 fully saturated rings. The van der Waals surface area contributed by atoms with Crippen LogP contribution in [0.15, 0.2) is 0 Å². The number of carbonyl (C=O) groups excluding carboxylic acids is 1. The van der Waals surface area contributed by atoms with Gasteiger partial charge in [0, 0.05) is 32.6 Å². The molecular formula is C11H22N3O2+. The molecule has 1 N–H and O–H groups in total. The van der Waals surface area contributed by atoms with Gasteiger partial charge in [-0.3, -0.25) is 4.90 Å². The van der Waals surface area contributed by atoms with Gasteiger partial charge < -0.3 is 14.5 Å². The van der Waals surface area contributed by atoms with Gasteiger partial charge in [-0.15, -0.1) is 0 Å². The Balaban J connectivity index is 1.67. The SMILES string of the molecule is COC(=O)NCCC[N+]12CCN(CC1)CC2. The van der Waals surface area contributed by atoms with E-state index >= 15 is 0 Å². The molecule has 0 atom stereocenters. The van der Waals surface area contributed by atoms with Crippen LogP contribution in [0.25, 0.3) is 0 Å². The lowest BCUT2D eigenvalue weighted by Crippen LogP contribution is -2.67. The molecule has 0 aliphatic carbocycles. The van der Waals surface area contributed by atoms with Crippen LogP contribution in [-0.4, -0.2) is 74.9 Å². The summed E-state index contributed by atoms with van der Waals surface area (Å²) >= 11 is 0. The third-order valence-electron chi connectivity index (χ3n) is 3.94. The smallest absolute Gasteiger partial charge is 0.406 e. The molecular weight excluding hydrogens is 206 g/mol. The van der Waals surface area contributed by atoms with Crippen molar-refractivity contribution in [2.45, 2.75) is 6.42 Å². The van der Waals surface area contributed by atoms with E-state index in [2.05, 4.69) is 15.0 Å². The molecule has 5 heteroatoms. The summed E-state index contributed by atoms with van der Waals surface area (Å²) in [5, 5.41) is 2.74. The lowest BCUT2D eigenvalue weighted by atomic mass is 10.1. The molecule has 16 heavy (non-hydrogen) atoms. The Bertz CT molecular complexity index is 236. The number of hydrogen-bond acceptors (Lipinski definition) is 3. The van der Waals surface area contributed by atoms with E-state index in [1.165, 1.54) is 57.4 Å². The summed E-state index contributed by atoms with van der Waals surface area (Å²) in [6.07, 6.45) is 0.734. The summed E-state index contributed by atoms with van der Waals surface area (Å²) in [6.45, 7) is 9.56. The van der Waals surface area contributed by atoms with Crippen LogP contribution >= 0.6 is 0 Å². The van der Waals surface area contributed by atoms with Crippen LogP contribution in [0.4, 0.5) is 4.79 Å². The van der Waals surface area contributed by atoms with Crippen molar-refractivity contribution in [1.29, 1.82) is 0 Å². The topological polar surface area (TPSA) is 41.6 Å². The monoisotopic (exact) mass is 228 g/mol. The second-order valence-corrected chi connectivity index (χ2v) is 4.85. The molecule has 3 saturated heterocycles. The quantitative estimate of drug-likeness (QED) is 0.539. The number of fused-ring (bicyclic) bond motifs is 3. The predicted molar refractivity (Wildman–Crippen MR) is 61.2 cm³/mol. The number of rotatable bonds is 4. The third-order valence-corrected chi connectivity index (χ3v) is 3.94. The van der Waals surface area contributed by atoms with Gasteiger partial charge in [-0.1, -0.05) is 0 Å². The number of nitrogens with zero attached hydrogens (tertiary/aromatic N) is 2. The third kappa shape index (κ3) is 2.65. The first-order valence-corrected chi connectivity index (χ1v) is 6.13. The maximum absolute atomic E-state index is 10.9. The van der Waals surface area contributed by atoms with E-state index in [0.29, 0.717) is 0 Å². The number of quaternary nitrogens is 1. The van der Waals surface area contributed by atoms with Crippen molar-refractivity contribution in [3.05, 3.63) is 0 Å². The lowest BCUT2D eigenvalue weighted by Gasteiger charge is -2.50. The van der Waals surface area contributed by atoms with E-state index in [-0.39, 0.29) is 6.09 Å². The molecule has 3 aliphatic heterocycles. The molecule has 0 spiro atoms. The second kappa shape index (κ2) is 5.01. The van der Waals surface area contributed by atoms with Crippen molar-refractivity contribution >= 4 is 6.09 Å². The molecule has 92 valence electrons. The molecule has 0 radical (unpaired) electrons. The zero-order chi connectivity index (χ0) is 11.4. The minimum absolute atomic E-state index is 0.316. The number of hydrogen-bond donors (Lipinski definition) is 1. The zero-order valence-corrected chi connectivity index (χ0v) is 10.1. The van der Waals surface area contributed by atoms with Crippen LogP contribution in [0.3, 0.4) is 0 Å². The van der Waals surface area contributed by atoms with Gasteiger partial charge in [-0.2, -0.15) is 0 Å². The minimum atomic E-state index is -0.316. The molecule has 1 amide bonds. The van der Waals surface area contributed by atoms with Crippen LogP contribution in [0.1, 0.15) is 6.42 Å². The lowest BCUT2D eigenvalue weighted by molar-refractivity contribution is -0.941. The van der Waals surface area contributed by atoms with Crippen LogP contribution in [-0.2, 0) is 4.74 Å². The maximum Gasteiger partial charge on any atom is 0.406 e. The molecule has 3 heterocycles. The molecule has 0 unspecified atom stereocenters. The summed E-state index contributed by atoms with van der Waals surface area (Å²) in [5.74, 6) is 0. The Morgan fingerprint density at radius 3 is 2.50 bits per heavy atom.